The number of carbonyl (C=O) groups is 6. The largest absolute Gasteiger partial charge is 0.491 e. The highest BCUT2D eigenvalue weighted by atomic mass is 16.6. The summed E-state index contributed by atoms with van der Waals surface area (Å²) in [5, 5.41) is 12.6. The molecule has 3 aliphatic rings. The molecule has 2 saturated heterocycles. The van der Waals surface area contributed by atoms with Crippen molar-refractivity contribution in [2.45, 2.75) is 36.1 Å². The lowest BCUT2D eigenvalue weighted by molar-refractivity contribution is -0.178. The Morgan fingerprint density at radius 2 is 1.53 bits per heavy atom. The zero-order chi connectivity index (χ0) is 47.0. The number of hydrogen-bond acceptors (Lipinski definition) is 14. The van der Waals surface area contributed by atoms with E-state index >= 15 is 14.4 Å². The molecule has 342 valence electrons. The van der Waals surface area contributed by atoms with Crippen LogP contribution in [0.3, 0.4) is 0 Å². The van der Waals surface area contributed by atoms with Crippen molar-refractivity contribution < 1.29 is 62.3 Å². The van der Waals surface area contributed by atoms with Crippen LogP contribution >= 0.6 is 0 Å². The molecule has 66 heavy (non-hydrogen) atoms. The first-order valence-corrected chi connectivity index (χ1v) is 21.2. The maximum atomic E-state index is 16.2. The van der Waals surface area contributed by atoms with Gasteiger partial charge in [0.15, 0.2) is 5.92 Å². The Morgan fingerprint density at radius 1 is 0.848 bits per heavy atom. The molecular formula is C50H49N3O13. The second kappa shape index (κ2) is 20.7. The van der Waals surface area contributed by atoms with E-state index in [0.29, 0.717) is 22.4 Å². The van der Waals surface area contributed by atoms with Crippen LogP contribution in [0, 0.1) is 23.7 Å². The first-order valence-electron chi connectivity index (χ1n) is 21.2. The Bertz CT molecular complexity index is 2520. The van der Waals surface area contributed by atoms with Gasteiger partial charge in [0.1, 0.15) is 36.5 Å². The van der Waals surface area contributed by atoms with Gasteiger partial charge >= 0.3 is 24.0 Å². The molecule has 0 aliphatic carbocycles. The third-order valence-electron chi connectivity index (χ3n) is 11.9. The number of ether oxygens (including phenoxy) is 6. The molecule has 0 unspecified atom stereocenters. The maximum Gasteiger partial charge on any atom is 0.421 e. The third kappa shape index (κ3) is 8.63. The van der Waals surface area contributed by atoms with E-state index in [4.69, 9.17) is 28.4 Å². The molecule has 6 atom stereocenters. The number of cyclic esters (lactones) is 1. The summed E-state index contributed by atoms with van der Waals surface area (Å²) in [5.74, 6) is -0.911. The van der Waals surface area contributed by atoms with E-state index in [1.807, 2.05) is 65.6 Å². The van der Waals surface area contributed by atoms with Gasteiger partial charge in [-0.05, 0) is 52.6 Å². The maximum absolute atomic E-state index is 16.2. The lowest BCUT2D eigenvalue weighted by Crippen LogP contribution is -2.55. The molecule has 0 saturated carbocycles. The van der Waals surface area contributed by atoms with E-state index in [0.717, 1.165) is 19.1 Å². The molecule has 4 aromatic carbocycles. The Hall–Kier alpha value is -7.32. The van der Waals surface area contributed by atoms with Gasteiger partial charge in [-0.15, -0.1) is 6.58 Å². The number of aliphatic hydroxyl groups excluding tert-OH is 1. The van der Waals surface area contributed by atoms with Crippen LogP contribution in [-0.2, 0) is 53.1 Å². The normalized spacial score (nSPS) is 21.8. The molecule has 4 aromatic rings. The molecule has 16 heteroatoms. The Labute approximate surface area is 381 Å². The zero-order valence-electron chi connectivity index (χ0n) is 36.5. The monoisotopic (exact) mass is 899 g/mol. The summed E-state index contributed by atoms with van der Waals surface area (Å²) in [6.45, 7) is 3.15. The first kappa shape index (κ1) is 46.7. The van der Waals surface area contributed by atoms with Crippen LogP contribution in [0.5, 0.6) is 5.75 Å². The molecule has 0 radical (unpaired) electrons. The number of nitrogens with zero attached hydrogens (tertiary/aromatic N) is 2. The molecule has 0 bridgehead atoms. The average molecular weight is 900 g/mol. The SMILES string of the molecule is C=CCNC(=O)[C@@H]1[C@H]2C(=O)O[C@H](c3ccccc3)[C@H](c3ccccc3)N2[C@H](c2cccc(OCCO)c2)[C@@]12C(=O)N(C(=O)OCCOC)c1ccc(C#CCC(C(=O)OC)C(=O)OC)cc12. The Balaban J connectivity index is 1.56. The number of amides is 3. The van der Waals surface area contributed by atoms with E-state index < -0.39 is 77.3 Å². The number of methoxy groups -OCH3 is 3. The number of esters is 3. The van der Waals surface area contributed by atoms with Gasteiger partial charge < -0.3 is 38.8 Å². The average Bonchev–Trinajstić information content (AvgIpc) is 3.80. The smallest absolute Gasteiger partial charge is 0.421 e. The predicted molar refractivity (Wildman–Crippen MR) is 236 cm³/mol. The summed E-state index contributed by atoms with van der Waals surface area (Å²) in [4.78, 5) is 88.7. The molecule has 3 amide bonds. The summed E-state index contributed by atoms with van der Waals surface area (Å²) in [6.07, 6.45) is -0.870. The molecule has 1 spiro atoms. The summed E-state index contributed by atoms with van der Waals surface area (Å²) in [5.41, 5.74) is 0.0762. The van der Waals surface area contributed by atoms with Crippen LogP contribution in [-0.4, -0.2) is 106 Å². The number of nitrogens with one attached hydrogen (secondary N) is 1. The predicted octanol–water partition coefficient (Wildman–Crippen LogP) is 4.51. The minimum absolute atomic E-state index is 0.00953. The minimum atomic E-state index is -2.14. The van der Waals surface area contributed by atoms with Crippen LogP contribution in [0.15, 0.2) is 116 Å². The molecule has 2 N–H and O–H groups in total. The summed E-state index contributed by atoms with van der Waals surface area (Å²) in [7, 11) is 3.70. The Morgan fingerprint density at radius 3 is 2.18 bits per heavy atom. The number of benzene rings is 4. The Kier molecular flexibility index (Phi) is 14.6. The quantitative estimate of drug-likeness (QED) is 0.0422. The molecule has 3 heterocycles. The minimum Gasteiger partial charge on any atom is -0.491 e. The number of hydrogen-bond donors (Lipinski definition) is 2. The first-order chi connectivity index (χ1) is 32.1. The number of carbonyl (C=O) groups excluding carboxylic acids is 6. The number of imide groups is 1. The molecular weight excluding hydrogens is 851 g/mol. The molecule has 16 nitrogen and oxygen atoms in total. The molecule has 2 fully saturated rings. The van der Waals surface area contributed by atoms with Crippen molar-refractivity contribution in [1.29, 1.82) is 0 Å². The standard InChI is InChI=1S/C50H49N3O13/c1-5-24-51-44(55)39-41-47(58)66-42(33-17-10-7-11-18-33)40(32-15-8-6-9-16-32)53(41)43(34-19-13-20-35(30-34)64-26-25-54)50(39)37-29-31(14-12-21-36(45(56)62-3)46(57)63-4)22-23-38(37)52(48(50)59)49(60)65-28-27-61-2/h5-11,13,15-20,22-23,29-30,36,39-43,54H,1,21,24-28H2,2-4H3,(H,51,55)/t39-,40-,41-,42+,43+,50-/m0/s1. The van der Waals surface area contributed by atoms with Crippen LogP contribution in [0.4, 0.5) is 10.5 Å². The van der Waals surface area contributed by atoms with Crippen molar-refractivity contribution in [3.05, 3.63) is 144 Å². The fourth-order valence-corrected chi connectivity index (χ4v) is 9.27. The van der Waals surface area contributed by atoms with Gasteiger partial charge in [0.2, 0.25) is 11.8 Å². The molecule has 3 aliphatic heterocycles. The van der Waals surface area contributed by atoms with E-state index in [2.05, 4.69) is 23.7 Å². The highest BCUT2D eigenvalue weighted by Gasteiger charge is 2.75. The molecule has 7 rings (SSSR count). The van der Waals surface area contributed by atoms with Crippen molar-refractivity contribution in [3.8, 4) is 17.6 Å². The molecule has 0 aromatic heterocycles. The van der Waals surface area contributed by atoms with E-state index in [-0.39, 0.29) is 56.2 Å². The number of fused-ring (bicyclic) bond motifs is 3. The highest BCUT2D eigenvalue weighted by molar-refractivity contribution is 6.23. The number of aliphatic hydroxyl groups is 1. The number of morpholine rings is 1. The van der Waals surface area contributed by atoms with Crippen LogP contribution in [0.25, 0.3) is 0 Å². The van der Waals surface area contributed by atoms with Crippen molar-refractivity contribution in [2.24, 2.45) is 11.8 Å². The number of rotatable bonds is 15. The van der Waals surface area contributed by atoms with Gasteiger partial charge in [-0.3, -0.25) is 28.9 Å². The topological polar surface area (TPSA) is 197 Å². The second-order valence-electron chi connectivity index (χ2n) is 15.5. The summed E-state index contributed by atoms with van der Waals surface area (Å²) >= 11 is 0. The van der Waals surface area contributed by atoms with Gasteiger partial charge in [-0.2, -0.15) is 0 Å². The number of anilines is 1. The van der Waals surface area contributed by atoms with Crippen molar-refractivity contribution >= 4 is 41.5 Å². The van der Waals surface area contributed by atoms with Gasteiger partial charge in [0.25, 0.3) is 0 Å². The van der Waals surface area contributed by atoms with E-state index in [9.17, 15) is 19.5 Å². The van der Waals surface area contributed by atoms with Gasteiger partial charge in [-0.1, -0.05) is 90.7 Å². The van der Waals surface area contributed by atoms with Crippen LogP contribution in [0.2, 0.25) is 0 Å². The van der Waals surface area contributed by atoms with Crippen LogP contribution < -0.4 is 15.0 Å². The second-order valence-corrected chi connectivity index (χ2v) is 15.5. The van der Waals surface area contributed by atoms with Gasteiger partial charge in [0.05, 0.1) is 51.1 Å². The fourth-order valence-electron chi connectivity index (χ4n) is 9.27. The summed E-state index contributed by atoms with van der Waals surface area (Å²) in [6, 6.07) is 26.2. The van der Waals surface area contributed by atoms with Crippen molar-refractivity contribution in [2.75, 3.05) is 59.2 Å². The van der Waals surface area contributed by atoms with Gasteiger partial charge in [0, 0.05) is 25.6 Å². The lowest BCUT2D eigenvalue weighted by atomic mass is 9.65. The van der Waals surface area contributed by atoms with Crippen molar-refractivity contribution in [1.82, 2.24) is 10.2 Å². The summed E-state index contributed by atoms with van der Waals surface area (Å²) < 4.78 is 32.8. The van der Waals surface area contributed by atoms with Crippen molar-refractivity contribution in [3.63, 3.8) is 0 Å². The third-order valence-corrected chi connectivity index (χ3v) is 11.9. The highest BCUT2D eigenvalue weighted by Crippen LogP contribution is 2.66. The lowest BCUT2D eigenvalue weighted by Gasteiger charge is -2.46. The van der Waals surface area contributed by atoms with Crippen LogP contribution in [0.1, 0.15) is 52.4 Å². The fraction of sp³-hybridized carbons (Fsp3) is 0.320. The van der Waals surface area contributed by atoms with E-state index in [1.54, 1.807) is 36.4 Å². The van der Waals surface area contributed by atoms with Gasteiger partial charge in [-0.25, -0.2) is 9.69 Å². The van der Waals surface area contributed by atoms with E-state index in [1.165, 1.54) is 19.3 Å². The zero-order valence-corrected chi connectivity index (χ0v) is 36.5.